The minimum absolute atomic E-state index is 0.869. The summed E-state index contributed by atoms with van der Waals surface area (Å²) < 4.78 is 5.52. The Hall–Kier alpha value is -1.13. The second-order valence-electron chi connectivity index (χ2n) is 3.40. The summed E-state index contributed by atoms with van der Waals surface area (Å²) in [5.74, 6) is 1.80. The summed E-state index contributed by atoms with van der Waals surface area (Å²) in [4.78, 5) is 5.64. The van der Waals surface area contributed by atoms with Crippen molar-refractivity contribution in [2.24, 2.45) is 0 Å². The Morgan fingerprint density at radius 1 is 1.47 bits per heavy atom. The number of hydrogen-bond donors (Lipinski definition) is 1. The molecule has 0 aromatic carbocycles. The van der Waals surface area contributed by atoms with Crippen molar-refractivity contribution >= 4 is 11.3 Å². The van der Waals surface area contributed by atoms with Gasteiger partial charge in [0.25, 0.3) is 0 Å². The summed E-state index contributed by atoms with van der Waals surface area (Å²) in [6.07, 6.45) is 2.95. The molecular formula is C11H14N2OS. The van der Waals surface area contributed by atoms with Gasteiger partial charge in [0.15, 0.2) is 10.8 Å². The first kappa shape index (κ1) is 10.4. The van der Waals surface area contributed by atoms with Gasteiger partial charge in [0.05, 0.1) is 0 Å². The van der Waals surface area contributed by atoms with Crippen LogP contribution < -0.4 is 5.32 Å². The first-order valence-electron chi connectivity index (χ1n) is 4.95. The van der Waals surface area contributed by atoms with Crippen LogP contribution in [0.4, 0.5) is 0 Å². The molecule has 0 bridgehead atoms. The molecule has 80 valence electrons. The van der Waals surface area contributed by atoms with E-state index < -0.39 is 0 Å². The second-order valence-corrected chi connectivity index (χ2v) is 4.51. The summed E-state index contributed by atoms with van der Waals surface area (Å²) in [5, 5.41) is 4.09. The second kappa shape index (κ2) is 4.59. The van der Waals surface area contributed by atoms with Crippen molar-refractivity contribution in [2.45, 2.75) is 13.3 Å². The van der Waals surface area contributed by atoms with Gasteiger partial charge in [-0.2, -0.15) is 0 Å². The maximum Gasteiger partial charge on any atom is 0.162 e. The zero-order valence-electron chi connectivity index (χ0n) is 8.91. The Morgan fingerprint density at radius 2 is 2.33 bits per heavy atom. The molecule has 0 atom stereocenters. The normalized spacial score (nSPS) is 10.8. The molecule has 0 aliphatic carbocycles. The van der Waals surface area contributed by atoms with Crippen LogP contribution in [-0.2, 0) is 6.42 Å². The molecule has 1 N–H and O–H groups in total. The van der Waals surface area contributed by atoms with Crippen molar-refractivity contribution < 1.29 is 4.42 Å². The van der Waals surface area contributed by atoms with Crippen molar-refractivity contribution in [3.8, 4) is 10.8 Å². The molecule has 15 heavy (non-hydrogen) atoms. The Labute approximate surface area is 93.2 Å². The zero-order valence-corrected chi connectivity index (χ0v) is 9.73. The van der Waals surface area contributed by atoms with E-state index in [2.05, 4.69) is 10.3 Å². The van der Waals surface area contributed by atoms with Gasteiger partial charge in [-0.15, -0.1) is 11.3 Å². The first-order chi connectivity index (χ1) is 7.29. The van der Waals surface area contributed by atoms with Crippen LogP contribution in [0.5, 0.6) is 0 Å². The molecule has 0 unspecified atom stereocenters. The lowest BCUT2D eigenvalue weighted by Gasteiger charge is -1.93. The first-order valence-corrected chi connectivity index (χ1v) is 5.77. The standard InChI is InChI=1S/C11H14N2OS/c1-8-3-4-10(14-8)11-13-7-9(15-11)5-6-12-2/h3-4,7,12H,5-6H2,1-2H3. The molecule has 0 radical (unpaired) electrons. The van der Waals surface area contributed by atoms with Crippen LogP contribution in [0.2, 0.25) is 0 Å². The minimum atomic E-state index is 0.869. The monoisotopic (exact) mass is 222 g/mol. The van der Waals surface area contributed by atoms with Gasteiger partial charge >= 0.3 is 0 Å². The third-order valence-corrected chi connectivity index (χ3v) is 3.20. The van der Waals surface area contributed by atoms with Crippen LogP contribution in [0.1, 0.15) is 10.6 Å². The number of furan rings is 1. The molecular weight excluding hydrogens is 208 g/mol. The summed E-state index contributed by atoms with van der Waals surface area (Å²) in [5.41, 5.74) is 0. The quantitative estimate of drug-likeness (QED) is 0.863. The molecule has 0 spiro atoms. The van der Waals surface area contributed by atoms with E-state index >= 15 is 0 Å². The number of aromatic nitrogens is 1. The fraction of sp³-hybridized carbons (Fsp3) is 0.364. The molecule has 0 aliphatic heterocycles. The lowest BCUT2D eigenvalue weighted by molar-refractivity contribution is 0.548. The summed E-state index contributed by atoms with van der Waals surface area (Å²) in [7, 11) is 1.96. The van der Waals surface area contributed by atoms with Gasteiger partial charge < -0.3 is 9.73 Å². The predicted octanol–water partition coefficient (Wildman–Crippen LogP) is 2.47. The Morgan fingerprint density at radius 3 is 3.00 bits per heavy atom. The Kier molecular flexibility index (Phi) is 3.18. The predicted molar refractivity (Wildman–Crippen MR) is 62.2 cm³/mol. The number of hydrogen-bond acceptors (Lipinski definition) is 4. The van der Waals surface area contributed by atoms with Gasteiger partial charge in [0.1, 0.15) is 5.76 Å². The fourth-order valence-electron chi connectivity index (χ4n) is 1.33. The molecule has 0 aliphatic rings. The van der Waals surface area contributed by atoms with Crippen molar-refractivity contribution in [1.29, 1.82) is 0 Å². The third-order valence-electron chi connectivity index (χ3n) is 2.13. The van der Waals surface area contributed by atoms with E-state index in [0.717, 1.165) is 29.5 Å². The fourth-order valence-corrected chi connectivity index (χ4v) is 2.21. The van der Waals surface area contributed by atoms with Crippen LogP contribution in [0.3, 0.4) is 0 Å². The highest BCUT2D eigenvalue weighted by molar-refractivity contribution is 7.14. The Balaban J connectivity index is 2.13. The molecule has 0 saturated heterocycles. The van der Waals surface area contributed by atoms with E-state index in [1.165, 1.54) is 4.88 Å². The van der Waals surface area contributed by atoms with Gasteiger partial charge in [-0.3, -0.25) is 0 Å². The van der Waals surface area contributed by atoms with Crippen LogP contribution in [0.15, 0.2) is 22.7 Å². The number of rotatable bonds is 4. The maximum atomic E-state index is 5.52. The van der Waals surface area contributed by atoms with E-state index in [1.54, 1.807) is 11.3 Å². The third kappa shape index (κ3) is 2.46. The molecule has 2 aromatic rings. The van der Waals surface area contributed by atoms with Crippen LogP contribution in [-0.4, -0.2) is 18.6 Å². The summed E-state index contributed by atoms with van der Waals surface area (Å²) in [6, 6.07) is 3.93. The van der Waals surface area contributed by atoms with Crippen molar-refractivity contribution in [2.75, 3.05) is 13.6 Å². The topological polar surface area (TPSA) is 38.1 Å². The maximum absolute atomic E-state index is 5.52. The Bertz CT molecular complexity index is 433. The van der Waals surface area contributed by atoms with E-state index in [4.69, 9.17) is 4.42 Å². The van der Waals surface area contributed by atoms with Crippen molar-refractivity contribution in [3.05, 3.63) is 29.0 Å². The van der Waals surface area contributed by atoms with Crippen LogP contribution in [0, 0.1) is 6.92 Å². The van der Waals surface area contributed by atoms with Crippen molar-refractivity contribution in [3.63, 3.8) is 0 Å². The van der Waals surface area contributed by atoms with Gasteiger partial charge in [-0.1, -0.05) is 0 Å². The summed E-state index contributed by atoms with van der Waals surface area (Å²) >= 11 is 1.69. The highest BCUT2D eigenvalue weighted by atomic mass is 32.1. The summed E-state index contributed by atoms with van der Waals surface area (Å²) in [6.45, 7) is 2.93. The van der Waals surface area contributed by atoms with E-state index in [1.807, 2.05) is 32.3 Å². The van der Waals surface area contributed by atoms with E-state index in [-0.39, 0.29) is 0 Å². The smallest absolute Gasteiger partial charge is 0.162 e. The average Bonchev–Trinajstić information content (AvgIpc) is 2.83. The van der Waals surface area contributed by atoms with Gasteiger partial charge in [-0.25, -0.2) is 4.98 Å². The van der Waals surface area contributed by atoms with Gasteiger partial charge in [0.2, 0.25) is 0 Å². The molecule has 0 fully saturated rings. The molecule has 2 heterocycles. The van der Waals surface area contributed by atoms with Gasteiger partial charge in [-0.05, 0) is 39.1 Å². The zero-order chi connectivity index (χ0) is 10.7. The number of thiazole rings is 1. The SMILES string of the molecule is CNCCc1cnc(-c2ccc(C)o2)s1. The minimum Gasteiger partial charge on any atom is -0.459 e. The molecule has 0 amide bonds. The van der Waals surface area contributed by atoms with Gasteiger partial charge in [0, 0.05) is 11.1 Å². The highest BCUT2D eigenvalue weighted by Crippen LogP contribution is 2.26. The number of aryl methyl sites for hydroxylation is 1. The molecule has 2 aromatic heterocycles. The van der Waals surface area contributed by atoms with Crippen molar-refractivity contribution in [1.82, 2.24) is 10.3 Å². The molecule has 0 saturated carbocycles. The number of nitrogens with zero attached hydrogens (tertiary/aromatic N) is 1. The number of likely N-dealkylation sites (N-methyl/N-ethyl adjacent to an activating group) is 1. The molecule has 4 heteroatoms. The number of nitrogens with one attached hydrogen (secondary N) is 1. The lowest BCUT2D eigenvalue weighted by Crippen LogP contribution is -2.09. The molecule has 2 rings (SSSR count). The van der Waals surface area contributed by atoms with E-state index in [0.29, 0.717) is 0 Å². The highest BCUT2D eigenvalue weighted by Gasteiger charge is 2.07. The van der Waals surface area contributed by atoms with E-state index in [9.17, 15) is 0 Å². The lowest BCUT2D eigenvalue weighted by atomic mass is 10.4. The average molecular weight is 222 g/mol. The largest absolute Gasteiger partial charge is 0.459 e. The van der Waals surface area contributed by atoms with Crippen LogP contribution >= 0.6 is 11.3 Å². The van der Waals surface area contributed by atoms with Crippen LogP contribution in [0.25, 0.3) is 10.8 Å². The molecule has 3 nitrogen and oxygen atoms in total.